The number of halogens is 1. The second kappa shape index (κ2) is 5.26. The number of benzene rings is 1. The minimum absolute atomic E-state index is 0.362. The van der Waals surface area contributed by atoms with Gasteiger partial charge in [0.05, 0.1) is 0 Å². The third-order valence-corrected chi connectivity index (χ3v) is 3.24. The number of aryl methyl sites for hydroxylation is 1. The molecule has 1 atom stereocenters. The summed E-state index contributed by atoms with van der Waals surface area (Å²) in [5.41, 5.74) is 1.09. The first-order valence-corrected chi connectivity index (χ1v) is 6.05. The van der Waals surface area contributed by atoms with E-state index in [9.17, 15) is 14.0 Å². The zero-order valence-corrected chi connectivity index (χ0v) is 10.5. The molecule has 6 heteroatoms. The lowest BCUT2D eigenvalue weighted by molar-refractivity contribution is -0.141. The fourth-order valence-corrected chi connectivity index (χ4v) is 2.18. The van der Waals surface area contributed by atoms with Crippen molar-refractivity contribution in [1.82, 2.24) is 4.90 Å². The topological polar surface area (TPSA) is 69.6 Å². The predicted molar refractivity (Wildman–Crippen MR) is 67.5 cm³/mol. The smallest absolute Gasteiger partial charge is 0.326 e. The van der Waals surface area contributed by atoms with Crippen molar-refractivity contribution in [2.75, 3.05) is 11.9 Å². The fraction of sp³-hybridized carbons (Fsp3) is 0.385. The number of hydrogen-bond acceptors (Lipinski definition) is 2. The first-order chi connectivity index (χ1) is 8.99. The number of rotatable bonds is 2. The van der Waals surface area contributed by atoms with Crippen LogP contribution in [0.5, 0.6) is 0 Å². The number of nitrogens with one attached hydrogen (secondary N) is 1. The molecule has 0 aromatic heterocycles. The summed E-state index contributed by atoms with van der Waals surface area (Å²) in [5, 5.41) is 11.6. The zero-order chi connectivity index (χ0) is 14.0. The lowest BCUT2D eigenvalue weighted by atomic mass is 10.2. The highest BCUT2D eigenvalue weighted by Gasteiger charge is 2.34. The number of urea groups is 1. The largest absolute Gasteiger partial charge is 0.480 e. The molecule has 0 saturated carbocycles. The molecule has 2 N–H and O–H groups in total. The van der Waals surface area contributed by atoms with Gasteiger partial charge in [-0.05, 0) is 37.5 Å². The van der Waals surface area contributed by atoms with Crippen LogP contribution < -0.4 is 5.32 Å². The van der Waals surface area contributed by atoms with E-state index in [1.165, 1.54) is 17.0 Å². The molecule has 0 radical (unpaired) electrons. The first-order valence-electron chi connectivity index (χ1n) is 6.05. The third kappa shape index (κ3) is 2.83. The number of nitrogens with zero attached hydrogens (tertiary/aromatic N) is 1. The number of anilines is 1. The summed E-state index contributed by atoms with van der Waals surface area (Å²) in [7, 11) is 0. The molecule has 0 bridgehead atoms. The van der Waals surface area contributed by atoms with Gasteiger partial charge in [0.2, 0.25) is 0 Å². The molecule has 1 aliphatic heterocycles. The van der Waals surface area contributed by atoms with E-state index in [4.69, 9.17) is 5.11 Å². The van der Waals surface area contributed by atoms with Gasteiger partial charge in [-0.2, -0.15) is 0 Å². The van der Waals surface area contributed by atoms with Crippen molar-refractivity contribution < 1.29 is 19.1 Å². The molecule has 0 aliphatic carbocycles. The number of carbonyl (C=O) groups is 2. The van der Waals surface area contributed by atoms with Crippen LogP contribution in [-0.2, 0) is 4.79 Å². The van der Waals surface area contributed by atoms with E-state index in [0.29, 0.717) is 25.1 Å². The molecule has 2 rings (SSSR count). The van der Waals surface area contributed by atoms with Crippen molar-refractivity contribution in [2.45, 2.75) is 25.8 Å². The van der Waals surface area contributed by atoms with Gasteiger partial charge in [0.25, 0.3) is 0 Å². The van der Waals surface area contributed by atoms with Crippen LogP contribution in [0.1, 0.15) is 18.4 Å². The van der Waals surface area contributed by atoms with Crippen LogP contribution >= 0.6 is 0 Å². The highest BCUT2D eigenvalue weighted by molar-refractivity contribution is 5.93. The Labute approximate surface area is 110 Å². The van der Waals surface area contributed by atoms with Crippen LogP contribution in [0.25, 0.3) is 0 Å². The summed E-state index contributed by atoms with van der Waals surface area (Å²) in [6.45, 7) is 2.14. The van der Waals surface area contributed by atoms with Crippen LogP contribution in [-0.4, -0.2) is 34.6 Å². The molecule has 19 heavy (non-hydrogen) atoms. The van der Waals surface area contributed by atoms with Gasteiger partial charge >= 0.3 is 12.0 Å². The summed E-state index contributed by atoms with van der Waals surface area (Å²) in [6.07, 6.45) is 1.11. The number of amides is 2. The lowest BCUT2D eigenvalue weighted by Gasteiger charge is -2.22. The summed E-state index contributed by atoms with van der Waals surface area (Å²) in [6, 6.07) is 2.79. The molecule has 0 unspecified atom stereocenters. The molecular weight excluding hydrogens is 251 g/mol. The Morgan fingerprint density at radius 3 is 2.89 bits per heavy atom. The van der Waals surface area contributed by atoms with Crippen LogP contribution in [0, 0.1) is 12.7 Å². The van der Waals surface area contributed by atoms with Crippen molar-refractivity contribution in [1.29, 1.82) is 0 Å². The monoisotopic (exact) mass is 266 g/mol. The molecule has 2 amide bonds. The molecule has 102 valence electrons. The minimum Gasteiger partial charge on any atom is -0.480 e. The molecule has 1 aliphatic rings. The number of likely N-dealkylation sites (tertiary alicyclic amines) is 1. The van der Waals surface area contributed by atoms with E-state index < -0.39 is 23.9 Å². The summed E-state index contributed by atoms with van der Waals surface area (Å²) in [4.78, 5) is 24.3. The van der Waals surface area contributed by atoms with Crippen molar-refractivity contribution >= 4 is 17.7 Å². The number of aliphatic carboxylic acids is 1. The highest BCUT2D eigenvalue weighted by atomic mass is 19.1. The van der Waals surface area contributed by atoms with Gasteiger partial charge < -0.3 is 15.3 Å². The van der Waals surface area contributed by atoms with E-state index >= 15 is 0 Å². The van der Waals surface area contributed by atoms with Gasteiger partial charge in [0.1, 0.15) is 11.9 Å². The molecule has 0 spiro atoms. The SMILES string of the molecule is Cc1ccc(F)cc1NC(=O)N1CCC[C@H]1C(=O)O. The minimum atomic E-state index is -1.01. The van der Waals surface area contributed by atoms with E-state index in [2.05, 4.69) is 5.32 Å². The maximum atomic E-state index is 13.1. The summed E-state index contributed by atoms with van der Waals surface area (Å²) >= 11 is 0. The number of carboxylic acid groups (broad SMARTS) is 1. The van der Waals surface area contributed by atoms with Crippen molar-refractivity contribution in [3.63, 3.8) is 0 Å². The van der Waals surface area contributed by atoms with E-state index in [1.807, 2.05) is 0 Å². The lowest BCUT2D eigenvalue weighted by Crippen LogP contribution is -2.42. The number of carbonyl (C=O) groups excluding carboxylic acids is 1. The number of carboxylic acids is 1. The normalized spacial score (nSPS) is 18.4. The zero-order valence-electron chi connectivity index (χ0n) is 10.5. The molecule has 5 nitrogen and oxygen atoms in total. The van der Waals surface area contributed by atoms with Crippen LogP contribution in [0.4, 0.5) is 14.9 Å². The highest BCUT2D eigenvalue weighted by Crippen LogP contribution is 2.21. The Morgan fingerprint density at radius 1 is 1.47 bits per heavy atom. The summed E-state index contributed by atoms with van der Waals surface area (Å²) in [5.74, 6) is -1.46. The Morgan fingerprint density at radius 2 is 2.21 bits per heavy atom. The van der Waals surface area contributed by atoms with E-state index in [-0.39, 0.29) is 0 Å². The van der Waals surface area contributed by atoms with Gasteiger partial charge in [-0.15, -0.1) is 0 Å². The van der Waals surface area contributed by atoms with Gasteiger partial charge in [0, 0.05) is 12.2 Å². The molecular formula is C13H15FN2O3. The maximum absolute atomic E-state index is 13.1. The van der Waals surface area contributed by atoms with Gasteiger partial charge in [-0.3, -0.25) is 0 Å². The second-order valence-electron chi connectivity index (χ2n) is 4.58. The van der Waals surface area contributed by atoms with Crippen LogP contribution in [0.15, 0.2) is 18.2 Å². The average Bonchev–Trinajstić information content (AvgIpc) is 2.83. The molecule has 1 saturated heterocycles. The first kappa shape index (κ1) is 13.3. The van der Waals surface area contributed by atoms with Gasteiger partial charge in [-0.25, -0.2) is 14.0 Å². The number of hydrogen-bond donors (Lipinski definition) is 2. The second-order valence-corrected chi connectivity index (χ2v) is 4.58. The molecule has 1 fully saturated rings. The Balaban J connectivity index is 2.12. The van der Waals surface area contributed by atoms with Crippen LogP contribution in [0.2, 0.25) is 0 Å². The quantitative estimate of drug-likeness (QED) is 0.862. The van der Waals surface area contributed by atoms with E-state index in [0.717, 1.165) is 5.56 Å². The maximum Gasteiger partial charge on any atom is 0.326 e. The van der Waals surface area contributed by atoms with Gasteiger partial charge in [-0.1, -0.05) is 6.07 Å². The third-order valence-electron chi connectivity index (χ3n) is 3.24. The molecule has 1 aromatic rings. The van der Waals surface area contributed by atoms with Crippen LogP contribution in [0.3, 0.4) is 0 Å². The van der Waals surface area contributed by atoms with Crippen molar-refractivity contribution in [3.8, 4) is 0 Å². The standard InChI is InChI=1S/C13H15FN2O3/c1-8-4-5-9(14)7-10(8)15-13(19)16-6-2-3-11(16)12(17)18/h4-5,7,11H,2-3,6H2,1H3,(H,15,19)(H,17,18)/t11-/m0/s1. The predicted octanol–water partition coefficient (Wildman–Crippen LogP) is 2.22. The van der Waals surface area contributed by atoms with Gasteiger partial charge in [0.15, 0.2) is 0 Å². The van der Waals surface area contributed by atoms with Crippen molar-refractivity contribution in [2.24, 2.45) is 0 Å². The summed E-state index contributed by atoms with van der Waals surface area (Å²) < 4.78 is 13.1. The van der Waals surface area contributed by atoms with Crippen molar-refractivity contribution in [3.05, 3.63) is 29.6 Å². The molecule has 1 aromatic carbocycles. The Kier molecular flexibility index (Phi) is 3.69. The average molecular weight is 266 g/mol. The molecule has 1 heterocycles. The van der Waals surface area contributed by atoms with E-state index in [1.54, 1.807) is 13.0 Å². The Bertz CT molecular complexity index is 519. The Hall–Kier alpha value is -2.11. The fourth-order valence-electron chi connectivity index (χ4n) is 2.18.